The molecule has 35 heavy (non-hydrogen) atoms. The molecule has 5 rings (SSSR count). The lowest BCUT2D eigenvalue weighted by Crippen LogP contribution is -2.39. The van der Waals surface area contributed by atoms with Crippen LogP contribution in [0.4, 0.5) is 5.69 Å². The smallest absolute Gasteiger partial charge is 0.343 e. The average Bonchev–Trinajstić information content (AvgIpc) is 3.47. The lowest BCUT2D eigenvalue weighted by Gasteiger charge is -2.26. The molecule has 0 spiro atoms. The van der Waals surface area contributed by atoms with Crippen LogP contribution in [0.1, 0.15) is 27.1 Å². The van der Waals surface area contributed by atoms with Crippen molar-refractivity contribution in [3.63, 3.8) is 0 Å². The van der Waals surface area contributed by atoms with Gasteiger partial charge >= 0.3 is 17.9 Å². The number of benzene rings is 2. The van der Waals surface area contributed by atoms with Gasteiger partial charge in [0.2, 0.25) is 0 Å². The first kappa shape index (κ1) is 23.2. The van der Waals surface area contributed by atoms with Crippen molar-refractivity contribution in [3.05, 3.63) is 69.8 Å². The first-order chi connectivity index (χ1) is 16.7. The summed E-state index contributed by atoms with van der Waals surface area (Å²) in [6.07, 6.45) is 0.515. The summed E-state index contributed by atoms with van der Waals surface area (Å²) in [7, 11) is 0. The standard InChI is InChI=1S/C24H18BrNO9/c25-20-15-9-16-19(24(30)35-21(16)20)18(15)23(29)33-10-17(27)11-3-7-14(8-4-11)34-22(28)12-1-5-13(6-2-12)26(31)32/h1-8,15-16,18-21H,9-10H2/t15-,16-,18-,19+,20+,21+/m1/s1. The quantitative estimate of drug-likeness (QED) is 0.129. The number of esters is 3. The Hall–Kier alpha value is -3.60. The summed E-state index contributed by atoms with van der Waals surface area (Å²) >= 11 is 3.53. The number of ketones is 1. The van der Waals surface area contributed by atoms with Crippen LogP contribution in [0.15, 0.2) is 48.5 Å². The number of halogens is 1. The number of nitro groups is 1. The van der Waals surface area contributed by atoms with Crippen molar-refractivity contribution in [2.75, 3.05) is 6.61 Å². The van der Waals surface area contributed by atoms with Crippen LogP contribution in [0, 0.1) is 33.8 Å². The molecule has 6 atom stereocenters. The van der Waals surface area contributed by atoms with Gasteiger partial charge in [-0.3, -0.25) is 24.5 Å². The normalized spacial score (nSPS) is 27.9. The highest BCUT2D eigenvalue weighted by Crippen LogP contribution is 2.60. The van der Waals surface area contributed by atoms with Gasteiger partial charge in [-0.05, 0) is 48.7 Å². The van der Waals surface area contributed by atoms with E-state index in [1.807, 2.05) is 0 Å². The van der Waals surface area contributed by atoms with Gasteiger partial charge in [0.05, 0.1) is 27.1 Å². The van der Waals surface area contributed by atoms with Gasteiger partial charge < -0.3 is 14.2 Å². The fourth-order valence-electron chi connectivity index (χ4n) is 5.20. The molecule has 1 aliphatic heterocycles. The molecule has 0 aromatic heterocycles. The van der Waals surface area contributed by atoms with E-state index in [0.29, 0.717) is 6.42 Å². The second kappa shape index (κ2) is 8.88. The van der Waals surface area contributed by atoms with Gasteiger partial charge in [-0.2, -0.15) is 0 Å². The molecule has 2 saturated carbocycles. The molecule has 3 aliphatic rings. The molecule has 0 N–H and O–H groups in total. The zero-order chi connectivity index (χ0) is 24.9. The number of non-ortho nitro benzene ring substituents is 1. The highest BCUT2D eigenvalue weighted by Gasteiger charge is 2.68. The highest BCUT2D eigenvalue weighted by molar-refractivity contribution is 9.09. The number of hydrogen-bond donors (Lipinski definition) is 0. The number of hydrogen-bond acceptors (Lipinski definition) is 9. The average molecular weight is 544 g/mol. The van der Waals surface area contributed by atoms with Gasteiger partial charge in [0.15, 0.2) is 12.4 Å². The number of fused-ring (bicyclic) bond motifs is 1. The van der Waals surface area contributed by atoms with Gasteiger partial charge in [0, 0.05) is 23.6 Å². The molecule has 0 unspecified atom stereocenters. The van der Waals surface area contributed by atoms with E-state index in [0.717, 1.165) is 0 Å². The van der Waals surface area contributed by atoms with E-state index in [1.54, 1.807) is 0 Å². The Kier molecular flexibility index (Phi) is 5.87. The third kappa shape index (κ3) is 4.09. The summed E-state index contributed by atoms with van der Waals surface area (Å²) in [6.45, 7) is -0.479. The summed E-state index contributed by atoms with van der Waals surface area (Å²) in [5, 5.41) is 10.7. The lowest BCUT2D eigenvalue weighted by molar-refractivity contribution is -0.384. The number of alkyl halides is 1. The van der Waals surface area contributed by atoms with Crippen LogP contribution >= 0.6 is 15.9 Å². The van der Waals surface area contributed by atoms with Crippen LogP contribution in [0.2, 0.25) is 0 Å². The minimum atomic E-state index is -0.712. The molecule has 1 saturated heterocycles. The monoisotopic (exact) mass is 543 g/mol. The van der Waals surface area contributed by atoms with E-state index in [4.69, 9.17) is 14.2 Å². The summed E-state index contributed by atoms with van der Waals surface area (Å²) in [6, 6.07) is 10.7. The molecule has 0 amide bonds. The van der Waals surface area contributed by atoms with Crippen LogP contribution in [0.3, 0.4) is 0 Å². The van der Waals surface area contributed by atoms with Crippen LogP contribution in [0.25, 0.3) is 0 Å². The number of nitrogens with zero attached hydrogens (tertiary/aromatic N) is 1. The number of ether oxygens (including phenoxy) is 3. The molecule has 2 aromatic carbocycles. The van der Waals surface area contributed by atoms with Gasteiger partial charge in [0.1, 0.15) is 11.9 Å². The summed E-state index contributed by atoms with van der Waals surface area (Å²) < 4.78 is 15.9. The Morgan fingerprint density at radius 2 is 1.69 bits per heavy atom. The Labute approximate surface area is 206 Å². The first-order valence-electron chi connectivity index (χ1n) is 10.9. The Balaban J connectivity index is 1.16. The molecule has 2 bridgehead atoms. The van der Waals surface area contributed by atoms with Crippen LogP contribution in [0.5, 0.6) is 5.75 Å². The number of carbonyl (C=O) groups is 4. The third-order valence-electron chi connectivity index (χ3n) is 6.84. The van der Waals surface area contributed by atoms with Crippen molar-refractivity contribution in [1.29, 1.82) is 0 Å². The number of nitro benzene ring substituents is 1. The van der Waals surface area contributed by atoms with Crippen molar-refractivity contribution >= 4 is 45.3 Å². The molecule has 1 heterocycles. The van der Waals surface area contributed by atoms with Gasteiger partial charge in [0.25, 0.3) is 5.69 Å². The maximum Gasteiger partial charge on any atom is 0.343 e. The molecule has 0 radical (unpaired) electrons. The zero-order valence-electron chi connectivity index (χ0n) is 18.0. The topological polar surface area (TPSA) is 139 Å². The van der Waals surface area contributed by atoms with Crippen molar-refractivity contribution < 1.29 is 38.3 Å². The molecular weight excluding hydrogens is 526 g/mol. The largest absolute Gasteiger partial charge is 0.461 e. The van der Waals surface area contributed by atoms with Crippen molar-refractivity contribution in [2.45, 2.75) is 17.4 Å². The van der Waals surface area contributed by atoms with Gasteiger partial charge in [-0.15, -0.1) is 0 Å². The zero-order valence-corrected chi connectivity index (χ0v) is 19.6. The SMILES string of the molecule is O=C(COC(=O)[C@@H]1[C@H]2C[C@H]3[C@H](OC(=O)[C@@H]31)[C@H]2Br)c1ccc(OC(=O)c2ccc([N+](=O)[O-])cc2)cc1. The van der Waals surface area contributed by atoms with Crippen LogP contribution in [-0.4, -0.2) is 46.2 Å². The molecular formula is C24H18BrNO9. The second-order valence-electron chi connectivity index (χ2n) is 8.71. The first-order valence-corrected chi connectivity index (χ1v) is 11.8. The predicted octanol–water partition coefficient (Wildman–Crippen LogP) is 3.11. The Morgan fingerprint density at radius 1 is 1.03 bits per heavy atom. The van der Waals surface area contributed by atoms with E-state index >= 15 is 0 Å². The number of Topliss-reactive ketones (excluding diaryl/α,β-unsaturated/α-hetero) is 1. The van der Waals surface area contributed by atoms with Crippen molar-refractivity contribution in [1.82, 2.24) is 0 Å². The lowest BCUT2D eigenvalue weighted by atomic mass is 9.80. The van der Waals surface area contributed by atoms with Crippen molar-refractivity contribution in [2.24, 2.45) is 23.7 Å². The number of carbonyl (C=O) groups excluding carboxylic acids is 4. The molecule has 2 aromatic rings. The van der Waals surface area contributed by atoms with Crippen molar-refractivity contribution in [3.8, 4) is 5.75 Å². The van der Waals surface area contributed by atoms with E-state index in [2.05, 4.69) is 15.9 Å². The van der Waals surface area contributed by atoms with E-state index in [1.165, 1.54) is 48.5 Å². The predicted molar refractivity (Wildman–Crippen MR) is 121 cm³/mol. The van der Waals surface area contributed by atoms with Gasteiger partial charge in [-0.25, -0.2) is 4.79 Å². The minimum absolute atomic E-state index is 0.00591. The second-order valence-corrected chi connectivity index (χ2v) is 9.77. The Morgan fingerprint density at radius 3 is 2.34 bits per heavy atom. The molecule has 11 heteroatoms. The van der Waals surface area contributed by atoms with Gasteiger partial charge in [-0.1, -0.05) is 15.9 Å². The molecule has 10 nitrogen and oxygen atoms in total. The Bertz CT molecular complexity index is 1230. The van der Waals surface area contributed by atoms with Crippen LogP contribution < -0.4 is 4.74 Å². The number of rotatable bonds is 7. The fraction of sp³-hybridized carbons (Fsp3) is 0.333. The van der Waals surface area contributed by atoms with E-state index in [9.17, 15) is 29.3 Å². The summed E-state index contributed by atoms with van der Waals surface area (Å²) in [5.41, 5.74) is 0.232. The fourth-order valence-corrected chi connectivity index (χ4v) is 6.25. The van der Waals surface area contributed by atoms with Crippen LogP contribution in [-0.2, 0) is 19.1 Å². The maximum atomic E-state index is 12.7. The molecule has 2 aliphatic carbocycles. The van der Waals surface area contributed by atoms with E-state index < -0.39 is 41.1 Å². The van der Waals surface area contributed by atoms with E-state index in [-0.39, 0.29) is 51.3 Å². The third-order valence-corrected chi connectivity index (χ3v) is 8.04. The highest BCUT2D eigenvalue weighted by atomic mass is 79.9. The molecule has 3 fully saturated rings. The summed E-state index contributed by atoms with van der Waals surface area (Å²) in [5.74, 6) is -3.13. The maximum absolute atomic E-state index is 12.7. The molecule has 180 valence electrons. The summed E-state index contributed by atoms with van der Waals surface area (Å²) in [4.78, 5) is 59.7. The minimum Gasteiger partial charge on any atom is -0.461 e.